The van der Waals surface area contributed by atoms with Gasteiger partial charge < -0.3 is 4.74 Å². The maximum Gasteiger partial charge on any atom is 0.123 e. The molecule has 18 heavy (non-hydrogen) atoms. The monoisotopic (exact) mass is 249 g/mol. The topological polar surface area (TPSA) is 12.5 Å². The van der Waals surface area contributed by atoms with E-state index in [1.165, 1.54) is 18.4 Å². The third-order valence-corrected chi connectivity index (χ3v) is 4.40. The molecule has 0 N–H and O–H groups in total. The van der Waals surface area contributed by atoms with E-state index in [2.05, 4.69) is 4.90 Å². The van der Waals surface area contributed by atoms with E-state index in [-0.39, 0.29) is 5.82 Å². The maximum atomic E-state index is 13.1. The lowest BCUT2D eigenvalue weighted by molar-refractivity contribution is 0.151. The normalized spacial score (nSPS) is 28.3. The van der Waals surface area contributed by atoms with Crippen LogP contribution in [0, 0.1) is 18.2 Å². The molecule has 2 heterocycles. The molecule has 2 nitrogen and oxygen atoms in total. The standard InChI is InChI=1S/C15H20FNO/c1-12-8-14(16)3-2-13(12)9-17-6-4-15(10-17)5-7-18-11-15/h2-3,8H,4-7,9-11H2,1H3. The molecule has 0 aromatic heterocycles. The van der Waals surface area contributed by atoms with Crippen LogP contribution in [-0.2, 0) is 11.3 Å². The minimum absolute atomic E-state index is 0.140. The van der Waals surface area contributed by atoms with Crippen LogP contribution in [0.15, 0.2) is 18.2 Å². The number of aryl methyl sites for hydroxylation is 1. The van der Waals surface area contributed by atoms with Crippen molar-refractivity contribution >= 4 is 0 Å². The zero-order valence-corrected chi connectivity index (χ0v) is 10.9. The van der Waals surface area contributed by atoms with Gasteiger partial charge in [0.05, 0.1) is 6.61 Å². The number of ether oxygens (including phenoxy) is 1. The van der Waals surface area contributed by atoms with E-state index in [0.29, 0.717) is 5.41 Å². The predicted molar refractivity (Wildman–Crippen MR) is 68.9 cm³/mol. The molecule has 2 saturated heterocycles. The Morgan fingerprint density at radius 2 is 2.28 bits per heavy atom. The van der Waals surface area contributed by atoms with Crippen molar-refractivity contribution in [1.29, 1.82) is 0 Å². The van der Waals surface area contributed by atoms with Crippen molar-refractivity contribution in [1.82, 2.24) is 4.90 Å². The molecular formula is C15H20FNO. The zero-order valence-electron chi connectivity index (χ0n) is 10.9. The van der Waals surface area contributed by atoms with Crippen LogP contribution >= 0.6 is 0 Å². The molecule has 1 aromatic rings. The highest BCUT2D eigenvalue weighted by Gasteiger charge is 2.41. The molecule has 0 bridgehead atoms. The molecule has 1 atom stereocenters. The highest BCUT2D eigenvalue weighted by Crippen LogP contribution is 2.38. The summed E-state index contributed by atoms with van der Waals surface area (Å²) in [7, 11) is 0. The average molecular weight is 249 g/mol. The van der Waals surface area contributed by atoms with E-state index < -0.39 is 0 Å². The molecule has 2 aliphatic rings. The number of benzene rings is 1. The van der Waals surface area contributed by atoms with Crippen LogP contribution in [0.5, 0.6) is 0 Å². The lowest BCUT2D eigenvalue weighted by Gasteiger charge is -2.22. The molecule has 3 heteroatoms. The van der Waals surface area contributed by atoms with Crippen molar-refractivity contribution in [3.05, 3.63) is 35.1 Å². The number of halogens is 1. The van der Waals surface area contributed by atoms with Gasteiger partial charge in [0.25, 0.3) is 0 Å². The first kappa shape index (κ1) is 12.1. The van der Waals surface area contributed by atoms with Gasteiger partial charge in [0.2, 0.25) is 0 Å². The number of likely N-dealkylation sites (tertiary alicyclic amines) is 1. The quantitative estimate of drug-likeness (QED) is 0.799. The summed E-state index contributed by atoms with van der Waals surface area (Å²) in [5, 5.41) is 0. The van der Waals surface area contributed by atoms with E-state index in [0.717, 1.165) is 38.4 Å². The summed E-state index contributed by atoms with van der Waals surface area (Å²) < 4.78 is 18.6. The summed E-state index contributed by atoms with van der Waals surface area (Å²) in [6, 6.07) is 5.10. The smallest absolute Gasteiger partial charge is 0.123 e. The second-order valence-corrected chi connectivity index (χ2v) is 5.83. The first-order valence-electron chi connectivity index (χ1n) is 6.72. The number of hydrogen-bond acceptors (Lipinski definition) is 2. The Morgan fingerprint density at radius 3 is 3.00 bits per heavy atom. The Balaban J connectivity index is 1.67. The Morgan fingerprint density at radius 1 is 1.39 bits per heavy atom. The minimum atomic E-state index is -0.140. The second-order valence-electron chi connectivity index (χ2n) is 5.83. The van der Waals surface area contributed by atoms with Crippen molar-refractivity contribution in [2.24, 2.45) is 5.41 Å². The fraction of sp³-hybridized carbons (Fsp3) is 0.600. The van der Waals surface area contributed by atoms with E-state index >= 15 is 0 Å². The van der Waals surface area contributed by atoms with Crippen LogP contribution in [0.2, 0.25) is 0 Å². The Hall–Kier alpha value is -0.930. The molecule has 1 spiro atoms. The summed E-state index contributed by atoms with van der Waals surface area (Å²) in [6.45, 7) is 7.04. The van der Waals surface area contributed by atoms with Gasteiger partial charge >= 0.3 is 0 Å². The maximum absolute atomic E-state index is 13.1. The van der Waals surface area contributed by atoms with Crippen molar-refractivity contribution in [3.8, 4) is 0 Å². The molecule has 1 unspecified atom stereocenters. The molecule has 2 fully saturated rings. The summed E-state index contributed by atoms with van der Waals surface area (Å²) >= 11 is 0. The van der Waals surface area contributed by atoms with Crippen LogP contribution in [0.25, 0.3) is 0 Å². The van der Waals surface area contributed by atoms with Gasteiger partial charge in [-0.1, -0.05) is 6.07 Å². The lowest BCUT2D eigenvalue weighted by Crippen LogP contribution is -2.27. The predicted octanol–water partition coefficient (Wildman–Crippen LogP) is 2.75. The molecule has 0 saturated carbocycles. The fourth-order valence-corrected chi connectivity index (χ4v) is 3.21. The highest BCUT2D eigenvalue weighted by atomic mass is 19.1. The molecular weight excluding hydrogens is 229 g/mol. The molecule has 0 radical (unpaired) electrons. The van der Waals surface area contributed by atoms with Crippen molar-refractivity contribution in [2.45, 2.75) is 26.3 Å². The summed E-state index contributed by atoms with van der Waals surface area (Å²) in [6.07, 6.45) is 2.44. The Bertz CT molecular complexity index is 440. The molecule has 0 aliphatic carbocycles. The largest absolute Gasteiger partial charge is 0.381 e. The van der Waals surface area contributed by atoms with Gasteiger partial charge in [0.1, 0.15) is 5.82 Å². The van der Waals surface area contributed by atoms with E-state index in [1.54, 1.807) is 12.1 Å². The van der Waals surface area contributed by atoms with Crippen LogP contribution in [-0.4, -0.2) is 31.2 Å². The van der Waals surface area contributed by atoms with Crippen LogP contribution in [0.4, 0.5) is 4.39 Å². The first-order chi connectivity index (χ1) is 8.67. The first-order valence-corrected chi connectivity index (χ1v) is 6.72. The highest BCUT2D eigenvalue weighted by molar-refractivity contribution is 5.26. The van der Waals surface area contributed by atoms with Crippen molar-refractivity contribution < 1.29 is 9.13 Å². The third-order valence-electron chi connectivity index (χ3n) is 4.40. The van der Waals surface area contributed by atoms with Gasteiger partial charge in [-0.05, 0) is 49.6 Å². The molecule has 3 rings (SSSR count). The fourth-order valence-electron chi connectivity index (χ4n) is 3.21. The molecule has 1 aromatic carbocycles. The van der Waals surface area contributed by atoms with Crippen LogP contribution < -0.4 is 0 Å². The summed E-state index contributed by atoms with van der Waals surface area (Å²) in [5.74, 6) is -0.140. The van der Waals surface area contributed by atoms with Gasteiger partial charge in [-0.15, -0.1) is 0 Å². The third kappa shape index (κ3) is 2.29. The number of rotatable bonds is 2. The lowest BCUT2D eigenvalue weighted by atomic mass is 9.87. The number of nitrogens with zero attached hydrogens (tertiary/aromatic N) is 1. The summed E-state index contributed by atoms with van der Waals surface area (Å²) in [5.41, 5.74) is 2.71. The SMILES string of the molecule is Cc1cc(F)ccc1CN1CCC2(CCOC2)C1. The Kier molecular flexibility index (Phi) is 3.12. The summed E-state index contributed by atoms with van der Waals surface area (Å²) in [4.78, 5) is 2.48. The second kappa shape index (κ2) is 4.63. The Labute approximate surface area is 108 Å². The van der Waals surface area contributed by atoms with Gasteiger partial charge in [0, 0.05) is 25.1 Å². The van der Waals surface area contributed by atoms with Gasteiger partial charge in [-0.3, -0.25) is 4.90 Å². The minimum Gasteiger partial charge on any atom is -0.381 e. The van der Waals surface area contributed by atoms with Crippen LogP contribution in [0.1, 0.15) is 24.0 Å². The van der Waals surface area contributed by atoms with Crippen LogP contribution in [0.3, 0.4) is 0 Å². The van der Waals surface area contributed by atoms with E-state index in [9.17, 15) is 4.39 Å². The van der Waals surface area contributed by atoms with E-state index in [1.807, 2.05) is 13.0 Å². The molecule has 2 aliphatic heterocycles. The number of hydrogen-bond donors (Lipinski definition) is 0. The van der Waals surface area contributed by atoms with Crippen molar-refractivity contribution in [3.63, 3.8) is 0 Å². The van der Waals surface area contributed by atoms with E-state index in [4.69, 9.17) is 4.74 Å². The van der Waals surface area contributed by atoms with Gasteiger partial charge in [0.15, 0.2) is 0 Å². The van der Waals surface area contributed by atoms with Crippen molar-refractivity contribution in [2.75, 3.05) is 26.3 Å². The van der Waals surface area contributed by atoms with Gasteiger partial charge in [-0.25, -0.2) is 4.39 Å². The van der Waals surface area contributed by atoms with Gasteiger partial charge in [-0.2, -0.15) is 0 Å². The average Bonchev–Trinajstić information content (AvgIpc) is 2.94. The molecule has 98 valence electrons. The zero-order chi connectivity index (χ0) is 12.6. The molecule has 0 amide bonds.